The molecule has 4 rings (SSSR count). The van der Waals surface area contributed by atoms with Crippen LogP contribution in [0.2, 0.25) is 0 Å². The molecular weight excluding hydrogens is 302 g/mol. The molecule has 0 spiro atoms. The molecule has 1 aliphatic carbocycles. The van der Waals surface area contributed by atoms with Gasteiger partial charge in [-0.3, -0.25) is 0 Å². The van der Waals surface area contributed by atoms with Crippen molar-refractivity contribution in [2.75, 3.05) is 0 Å². The minimum absolute atomic E-state index is 0.390. The SMILES string of the molecule is [2H]C1(c2cccc(-c3ccc(-c4ccccc4C)[n+](C)c3)c2)CCCC1. The molecule has 25 heavy (non-hydrogen) atoms. The first kappa shape index (κ1) is 14.9. The van der Waals surface area contributed by atoms with Crippen molar-refractivity contribution in [2.45, 2.75) is 38.5 Å². The van der Waals surface area contributed by atoms with Gasteiger partial charge in [0.05, 0.1) is 0 Å². The highest BCUT2D eigenvalue weighted by molar-refractivity contribution is 5.66. The Hall–Kier alpha value is -2.41. The molecule has 0 atom stereocenters. The summed E-state index contributed by atoms with van der Waals surface area (Å²) < 4.78 is 11.0. The van der Waals surface area contributed by atoms with E-state index in [1.807, 2.05) is 0 Å². The molecule has 0 radical (unpaired) electrons. The Bertz CT molecular complexity index is 938. The first-order valence-corrected chi connectivity index (χ1v) is 9.23. The Morgan fingerprint density at radius 3 is 2.48 bits per heavy atom. The minimum Gasteiger partial charge on any atom is -0.200 e. The molecule has 3 aromatic rings. The molecule has 0 aliphatic heterocycles. The predicted molar refractivity (Wildman–Crippen MR) is 104 cm³/mol. The largest absolute Gasteiger partial charge is 0.212 e. The molecule has 1 saturated carbocycles. The maximum Gasteiger partial charge on any atom is 0.212 e. The van der Waals surface area contributed by atoms with E-state index in [0.29, 0.717) is 0 Å². The maximum absolute atomic E-state index is 8.79. The van der Waals surface area contributed by atoms with Crippen molar-refractivity contribution in [3.63, 3.8) is 0 Å². The normalized spacial score (nSPS) is 16.6. The molecule has 0 bridgehead atoms. The van der Waals surface area contributed by atoms with Crippen molar-refractivity contribution in [2.24, 2.45) is 7.05 Å². The van der Waals surface area contributed by atoms with Crippen LogP contribution in [0.5, 0.6) is 0 Å². The van der Waals surface area contributed by atoms with E-state index >= 15 is 0 Å². The molecule has 1 heteroatoms. The number of benzene rings is 2. The van der Waals surface area contributed by atoms with Gasteiger partial charge in [-0.25, -0.2) is 4.57 Å². The molecule has 0 unspecified atom stereocenters. The number of aryl methyl sites for hydroxylation is 2. The van der Waals surface area contributed by atoms with Gasteiger partial charge in [-0.15, -0.1) is 0 Å². The summed E-state index contributed by atoms with van der Waals surface area (Å²) in [6, 6.07) is 21.5. The van der Waals surface area contributed by atoms with Crippen LogP contribution >= 0.6 is 0 Å². The average Bonchev–Trinajstić information content (AvgIpc) is 3.11. The van der Waals surface area contributed by atoms with Gasteiger partial charge < -0.3 is 0 Å². The van der Waals surface area contributed by atoms with E-state index in [9.17, 15) is 0 Å². The van der Waals surface area contributed by atoms with Crippen molar-refractivity contribution in [3.8, 4) is 22.4 Å². The molecule has 1 fully saturated rings. The number of hydrogen-bond acceptors (Lipinski definition) is 0. The number of hydrogen-bond donors (Lipinski definition) is 0. The zero-order chi connectivity index (χ0) is 18.1. The standard InChI is InChI=1S/C24H26N/c1-18-8-3-6-13-23(18)24-15-14-22(17-25(24)2)21-12-7-11-20(16-21)19-9-4-5-10-19/h3,6-8,11-17,19H,4-5,9-10H2,1-2H3/q+1/i19D. The molecule has 0 N–H and O–H groups in total. The Balaban J connectivity index is 1.71. The molecule has 0 saturated heterocycles. The van der Waals surface area contributed by atoms with Crippen LogP contribution in [-0.2, 0) is 7.05 Å². The van der Waals surface area contributed by atoms with Gasteiger partial charge in [-0.1, -0.05) is 55.3 Å². The molecular formula is C24H26N+. The lowest BCUT2D eigenvalue weighted by molar-refractivity contribution is -0.659. The third kappa shape index (κ3) is 3.24. The Kier molecular flexibility index (Phi) is 4.07. The number of nitrogens with zero attached hydrogens (tertiary/aromatic N) is 1. The predicted octanol–water partition coefficient (Wildman–Crippen LogP) is 5.81. The fourth-order valence-corrected chi connectivity index (χ4v) is 3.93. The second-order valence-corrected chi connectivity index (χ2v) is 7.12. The van der Waals surface area contributed by atoms with Gasteiger partial charge in [0.15, 0.2) is 6.20 Å². The summed E-state index contributed by atoms with van der Waals surface area (Å²) in [6.45, 7) is 2.15. The van der Waals surface area contributed by atoms with Crippen LogP contribution in [0.1, 0.15) is 44.1 Å². The van der Waals surface area contributed by atoms with Gasteiger partial charge in [0.25, 0.3) is 0 Å². The maximum atomic E-state index is 8.79. The van der Waals surface area contributed by atoms with Crippen molar-refractivity contribution in [1.82, 2.24) is 0 Å². The first-order valence-electron chi connectivity index (χ1n) is 9.73. The van der Waals surface area contributed by atoms with Crippen molar-refractivity contribution in [3.05, 3.63) is 78.0 Å². The lowest BCUT2D eigenvalue weighted by Gasteiger charge is -2.11. The molecule has 1 aromatic heterocycles. The Morgan fingerprint density at radius 2 is 1.72 bits per heavy atom. The summed E-state index contributed by atoms with van der Waals surface area (Å²) in [5.74, 6) is -0.390. The Labute approximate surface area is 152 Å². The van der Waals surface area contributed by atoms with E-state index in [2.05, 4.69) is 85.4 Å². The van der Waals surface area contributed by atoms with Crippen LogP contribution in [0.4, 0.5) is 0 Å². The molecule has 1 aliphatic rings. The van der Waals surface area contributed by atoms with E-state index < -0.39 is 0 Å². The van der Waals surface area contributed by atoms with E-state index in [-0.39, 0.29) is 5.89 Å². The summed E-state index contributed by atoms with van der Waals surface area (Å²) in [6.07, 6.45) is 6.51. The van der Waals surface area contributed by atoms with Crippen molar-refractivity contribution >= 4 is 0 Å². The van der Waals surface area contributed by atoms with Crippen LogP contribution in [0.15, 0.2) is 66.9 Å². The van der Waals surface area contributed by atoms with Crippen LogP contribution in [0, 0.1) is 6.92 Å². The van der Waals surface area contributed by atoms with Gasteiger partial charge in [-0.2, -0.15) is 0 Å². The van der Waals surface area contributed by atoms with E-state index in [1.165, 1.54) is 40.8 Å². The van der Waals surface area contributed by atoms with Crippen LogP contribution < -0.4 is 4.57 Å². The second-order valence-electron chi connectivity index (χ2n) is 7.12. The van der Waals surface area contributed by atoms with Crippen LogP contribution in [-0.4, -0.2) is 0 Å². The molecule has 126 valence electrons. The number of pyridine rings is 1. The number of aromatic nitrogens is 1. The highest BCUT2D eigenvalue weighted by Gasteiger charge is 2.18. The quantitative estimate of drug-likeness (QED) is 0.534. The van der Waals surface area contributed by atoms with Crippen LogP contribution in [0.3, 0.4) is 0 Å². The summed E-state index contributed by atoms with van der Waals surface area (Å²) >= 11 is 0. The smallest absolute Gasteiger partial charge is 0.200 e. The lowest BCUT2D eigenvalue weighted by atomic mass is 9.94. The highest BCUT2D eigenvalue weighted by atomic mass is 14.9. The molecule has 2 aromatic carbocycles. The monoisotopic (exact) mass is 329 g/mol. The average molecular weight is 329 g/mol. The van der Waals surface area contributed by atoms with Gasteiger partial charge in [-0.05, 0) is 54.5 Å². The molecule has 1 nitrogen and oxygen atoms in total. The second kappa shape index (κ2) is 6.84. The summed E-state index contributed by atoms with van der Waals surface area (Å²) in [7, 11) is 2.11. The van der Waals surface area contributed by atoms with Crippen LogP contribution in [0.25, 0.3) is 22.4 Å². The third-order valence-electron chi connectivity index (χ3n) is 5.37. The minimum atomic E-state index is -0.390. The van der Waals surface area contributed by atoms with E-state index in [1.54, 1.807) is 0 Å². The number of rotatable bonds is 3. The fourth-order valence-electron chi connectivity index (χ4n) is 3.93. The highest BCUT2D eigenvalue weighted by Crippen LogP contribution is 2.35. The van der Waals surface area contributed by atoms with Gasteiger partial charge in [0, 0.05) is 18.6 Å². The van der Waals surface area contributed by atoms with Gasteiger partial charge in [0.1, 0.15) is 7.05 Å². The topological polar surface area (TPSA) is 3.88 Å². The Morgan fingerprint density at radius 1 is 0.920 bits per heavy atom. The molecule has 1 heterocycles. The van der Waals surface area contributed by atoms with Gasteiger partial charge >= 0.3 is 0 Å². The van der Waals surface area contributed by atoms with Gasteiger partial charge in [0.2, 0.25) is 5.69 Å². The zero-order valence-corrected chi connectivity index (χ0v) is 15.1. The summed E-state index contributed by atoms with van der Waals surface area (Å²) in [4.78, 5) is 0. The zero-order valence-electron chi connectivity index (χ0n) is 16.1. The summed E-state index contributed by atoms with van der Waals surface area (Å²) in [5.41, 5.74) is 7.34. The summed E-state index contributed by atoms with van der Waals surface area (Å²) in [5, 5.41) is 0. The first-order chi connectivity index (χ1) is 12.6. The van der Waals surface area contributed by atoms with E-state index in [4.69, 9.17) is 1.37 Å². The molecule has 0 amide bonds. The fraction of sp³-hybridized carbons (Fsp3) is 0.292. The van der Waals surface area contributed by atoms with Crippen molar-refractivity contribution < 1.29 is 5.94 Å². The van der Waals surface area contributed by atoms with Crippen molar-refractivity contribution in [1.29, 1.82) is 0 Å². The third-order valence-corrected chi connectivity index (χ3v) is 5.37. The van der Waals surface area contributed by atoms with E-state index in [0.717, 1.165) is 18.4 Å². The lowest BCUT2D eigenvalue weighted by Crippen LogP contribution is -2.30.